The molecule has 0 aromatic carbocycles. The number of piperidine rings is 1. The van der Waals surface area contributed by atoms with Gasteiger partial charge < -0.3 is 10.6 Å². The lowest BCUT2D eigenvalue weighted by Gasteiger charge is -2.22. The highest BCUT2D eigenvalue weighted by Gasteiger charge is 2.36. The minimum Gasteiger partial charge on any atom is -0.330 e. The lowest BCUT2D eigenvalue weighted by Crippen LogP contribution is -2.31. The summed E-state index contributed by atoms with van der Waals surface area (Å²) in [5.41, 5.74) is -3.34. The van der Waals surface area contributed by atoms with E-state index in [9.17, 15) is 31.1 Å². The van der Waals surface area contributed by atoms with E-state index in [1.807, 2.05) is 0 Å². The average Bonchev–Trinajstić information content (AvgIpc) is 2.45. The van der Waals surface area contributed by atoms with Crippen LogP contribution in [0.3, 0.4) is 0 Å². The van der Waals surface area contributed by atoms with Crippen LogP contribution in [-0.2, 0) is 4.79 Å². The number of rotatable bonds is 5. The summed E-state index contributed by atoms with van der Waals surface area (Å²) in [6.07, 6.45) is -7.84. The number of amides is 1. The average molecular weight is 370 g/mol. The predicted molar refractivity (Wildman–Crippen MR) is 81.4 cm³/mol. The van der Waals surface area contributed by atoms with Gasteiger partial charge in [0, 0.05) is 17.7 Å². The Morgan fingerprint density at radius 1 is 1.12 bits per heavy atom. The van der Waals surface area contributed by atoms with Crippen molar-refractivity contribution in [3.8, 4) is 0 Å². The van der Waals surface area contributed by atoms with Gasteiger partial charge in [0.2, 0.25) is 5.91 Å². The van der Waals surface area contributed by atoms with Crippen molar-refractivity contribution in [2.75, 3.05) is 13.1 Å². The zero-order valence-corrected chi connectivity index (χ0v) is 13.7. The molecule has 0 aromatic rings. The van der Waals surface area contributed by atoms with Gasteiger partial charge in [0.15, 0.2) is 0 Å². The van der Waals surface area contributed by atoms with Gasteiger partial charge in [0.25, 0.3) is 0 Å². The van der Waals surface area contributed by atoms with E-state index in [0.29, 0.717) is 6.08 Å². The molecule has 1 amide bonds. The highest BCUT2D eigenvalue weighted by molar-refractivity contribution is 5.78. The Morgan fingerprint density at radius 2 is 1.68 bits per heavy atom. The summed E-state index contributed by atoms with van der Waals surface area (Å²) in [6.45, 7) is 5.33. The third kappa shape index (κ3) is 7.76. The Bertz CT molecular complexity index is 554. The Balaban J connectivity index is 2.81. The van der Waals surface area contributed by atoms with Gasteiger partial charge in [0.05, 0.1) is 5.57 Å². The molecule has 142 valence electrons. The fourth-order valence-electron chi connectivity index (χ4n) is 2.36. The van der Waals surface area contributed by atoms with Crippen molar-refractivity contribution in [1.29, 1.82) is 0 Å². The van der Waals surface area contributed by atoms with E-state index in [2.05, 4.69) is 17.2 Å². The fraction of sp³-hybridized carbons (Fsp3) is 0.562. The van der Waals surface area contributed by atoms with E-state index in [1.165, 1.54) is 6.92 Å². The molecule has 1 saturated heterocycles. The Kier molecular flexibility index (Phi) is 7.28. The van der Waals surface area contributed by atoms with Gasteiger partial charge in [-0.25, -0.2) is 0 Å². The van der Waals surface area contributed by atoms with Crippen LogP contribution in [0.2, 0.25) is 0 Å². The number of hydrogen-bond acceptors (Lipinski definition) is 2. The van der Waals surface area contributed by atoms with Gasteiger partial charge in [-0.05, 0) is 50.9 Å². The SMILES string of the molecule is C=C(C=C(C=C(C)NC(=O)CC1CCNCC1)C(F)(F)F)C(F)(F)F. The van der Waals surface area contributed by atoms with E-state index in [-0.39, 0.29) is 24.1 Å². The molecular formula is C16H20F6N2O. The number of carbonyl (C=O) groups is 1. The lowest BCUT2D eigenvalue weighted by atomic mass is 9.94. The summed E-state index contributed by atoms with van der Waals surface area (Å²) in [7, 11) is 0. The molecule has 0 aromatic heterocycles. The number of allylic oxidation sites excluding steroid dienone is 5. The van der Waals surface area contributed by atoms with E-state index in [4.69, 9.17) is 0 Å². The molecule has 0 spiro atoms. The van der Waals surface area contributed by atoms with Crippen molar-refractivity contribution in [2.45, 2.75) is 38.5 Å². The third-order valence-electron chi connectivity index (χ3n) is 3.66. The Morgan fingerprint density at radius 3 is 2.16 bits per heavy atom. The summed E-state index contributed by atoms with van der Waals surface area (Å²) in [5.74, 6) is -0.325. The Hall–Kier alpha value is -1.77. The quantitative estimate of drug-likeness (QED) is 0.567. The molecule has 1 aliphatic heterocycles. The maximum Gasteiger partial charge on any atom is 0.416 e. The first-order valence-corrected chi connectivity index (χ1v) is 7.63. The van der Waals surface area contributed by atoms with Crippen molar-refractivity contribution in [1.82, 2.24) is 10.6 Å². The van der Waals surface area contributed by atoms with Crippen LogP contribution >= 0.6 is 0 Å². The third-order valence-corrected chi connectivity index (χ3v) is 3.66. The van der Waals surface area contributed by atoms with E-state index >= 15 is 0 Å². The monoisotopic (exact) mass is 370 g/mol. The molecule has 0 aliphatic carbocycles. The number of halogens is 6. The topological polar surface area (TPSA) is 41.1 Å². The van der Waals surface area contributed by atoms with Gasteiger partial charge in [0.1, 0.15) is 0 Å². The van der Waals surface area contributed by atoms with Crippen LogP contribution < -0.4 is 10.6 Å². The van der Waals surface area contributed by atoms with Crippen molar-refractivity contribution >= 4 is 5.91 Å². The maximum absolute atomic E-state index is 12.9. The van der Waals surface area contributed by atoms with Crippen molar-refractivity contribution in [2.24, 2.45) is 5.92 Å². The first-order valence-electron chi connectivity index (χ1n) is 7.63. The second kappa shape index (κ2) is 8.55. The molecule has 0 saturated carbocycles. The second-order valence-corrected chi connectivity index (χ2v) is 5.89. The van der Waals surface area contributed by atoms with E-state index < -0.39 is 29.4 Å². The largest absolute Gasteiger partial charge is 0.416 e. The molecule has 0 bridgehead atoms. The van der Waals surface area contributed by atoms with Crippen LogP contribution in [0.25, 0.3) is 0 Å². The van der Waals surface area contributed by atoms with Crippen LogP contribution in [0.5, 0.6) is 0 Å². The van der Waals surface area contributed by atoms with Crippen LogP contribution in [0, 0.1) is 5.92 Å². The van der Waals surface area contributed by atoms with Gasteiger partial charge in [-0.3, -0.25) is 4.79 Å². The lowest BCUT2D eigenvalue weighted by molar-refractivity contribution is -0.121. The Labute approximate surface area is 141 Å². The van der Waals surface area contributed by atoms with Gasteiger partial charge >= 0.3 is 12.4 Å². The molecule has 1 heterocycles. The van der Waals surface area contributed by atoms with Crippen molar-refractivity contribution in [3.63, 3.8) is 0 Å². The predicted octanol–water partition coefficient (Wildman–Crippen LogP) is 4.00. The number of nitrogens with one attached hydrogen (secondary N) is 2. The van der Waals surface area contributed by atoms with Crippen LogP contribution in [0.4, 0.5) is 26.3 Å². The number of alkyl halides is 6. The van der Waals surface area contributed by atoms with E-state index in [0.717, 1.165) is 25.9 Å². The summed E-state index contributed by atoms with van der Waals surface area (Å²) in [6, 6.07) is 0. The zero-order valence-electron chi connectivity index (χ0n) is 13.7. The maximum atomic E-state index is 12.9. The number of hydrogen-bond donors (Lipinski definition) is 2. The molecule has 0 radical (unpaired) electrons. The normalized spacial score (nSPS) is 18.2. The molecule has 0 atom stereocenters. The molecule has 9 heteroatoms. The van der Waals surface area contributed by atoms with Gasteiger partial charge in [-0.15, -0.1) is 0 Å². The van der Waals surface area contributed by atoms with E-state index in [1.54, 1.807) is 0 Å². The molecule has 1 rings (SSSR count). The standard InChI is InChI=1S/C16H20F6N2O/c1-10(15(17,18)19)7-13(16(20,21)22)8-11(2)24-14(25)9-12-3-5-23-6-4-12/h7-8,12,23H,1,3-6,9H2,2H3,(H,24,25). The summed E-state index contributed by atoms with van der Waals surface area (Å²) >= 11 is 0. The highest BCUT2D eigenvalue weighted by atomic mass is 19.4. The fourth-order valence-corrected chi connectivity index (χ4v) is 2.36. The second-order valence-electron chi connectivity index (χ2n) is 5.89. The first kappa shape index (κ1) is 21.3. The minimum atomic E-state index is -5.00. The zero-order chi connectivity index (χ0) is 19.3. The molecule has 3 nitrogen and oxygen atoms in total. The number of carbonyl (C=O) groups excluding carboxylic acids is 1. The van der Waals surface area contributed by atoms with Crippen LogP contribution in [0.15, 0.2) is 35.6 Å². The van der Waals surface area contributed by atoms with Crippen molar-refractivity contribution < 1.29 is 31.1 Å². The summed E-state index contributed by atoms with van der Waals surface area (Å²) in [5, 5.41) is 5.42. The van der Waals surface area contributed by atoms with Gasteiger partial charge in [-0.1, -0.05) is 6.58 Å². The molecular weight excluding hydrogens is 350 g/mol. The summed E-state index contributed by atoms with van der Waals surface area (Å²) < 4.78 is 75.9. The molecule has 1 aliphatic rings. The molecule has 2 N–H and O–H groups in total. The first-order chi connectivity index (χ1) is 11.4. The molecule has 0 unspecified atom stereocenters. The highest BCUT2D eigenvalue weighted by Crippen LogP contribution is 2.32. The van der Waals surface area contributed by atoms with Crippen molar-refractivity contribution in [3.05, 3.63) is 35.6 Å². The van der Waals surface area contributed by atoms with Crippen LogP contribution in [-0.4, -0.2) is 31.3 Å². The minimum absolute atomic E-state index is 0.0809. The summed E-state index contributed by atoms with van der Waals surface area (Å²) in [4.78, 5) is 11.9. The smallest absolute Gasteiger partial charge is 0.330 e. The molecule has 1 fully saturated rings. The van der Waals surface area contributed by atoms with Crippen LogP contribution in [0.1, 0.15) is 26.2 Å². The molecule has 25 heavy (non-hydrogen) atoms. The van der Waals surface area contributed by atoms with Gasteiger partial charge in [-0.2, -0.15) is 26.3 Å².